The minimum atomic E-state index is -0.0222. The minimum Gasteiger partial charge on any atom is -0.493 e. The molecule has 0 atom stereocenters. The van der Waals surface area contributed by atoms with Crippen molar-refractivity contribution >= 4 is 5.91 Å². The highest BCUT2D eigenvalue weighted by Crippen LogP contribution is 2.32. The molecule has 1 aliphatic rings. The van der Waals surface area contributed by atoms with Crippen LogP contribution < -0.4 is 9.47 Å². The highest BCUT2D eigenvalue weighted by atomic mass is 16.5. The Morgan fingerprint density at radius 1 is 1.14 bits per heavy atom. The molecule has 0 radical (unpaired) electrons. The summed E-state index contributed by atoms with van der Waals surface area (Å²) in [6, 6.07) is 9.80. The number of likely N-dealkylation sites (tertiary alicyclic amines) is 1. The third-order valence-corrected chi connectivity index (χ3v) is 5.52. The van der Waals surface area contributed by atoms with Crippen molar-refractivity contribution in [2.45, 2.75) is 25.3 Å². The Morgan fingerprint density at radius 2 is 1.86 bits per heavy atom. The van der Waals surface area contributed by atoms with Crippen LogP contribution in [0.4, 0.5) is 0 Å². The summed E-state index contributed by atoms with van der Waals surface area (Å²) in [7, 11) is 5.03. The molecule has 1 fully saturated rings. The average Bonchev–Trinajstić information content (AvgIpc) is 2.77. The second-order valence-corrected chi connectivity index (χ2v) is 7.14. The zero-order chi connectivity index (χ0) is 19.9. The van der Waals surface area contributed by atoms with Gasteiger partial charge in [0.05, 0.1) is 19.8 Å². The van der Waals surface area contributed by atoms with E-state index in [1.54, 1.807) is 26.4 Å². The van der Waals surface area contributed by atoms with Crippen LogP contribution in [0.3, 0.4) is 0 Å². The van der Waals surface area contributed by atoms with Gasteiger partial charge in [-0.2, -0.15) is 0 Å². The first kappa shape index (κ1) is 20.1. The monoisotopic (exact) mass is 383 g/mol. The van der Waals surface area contributed by atoms with Crippen molar-refractivity contribution < 1.29 is 14.3 Å². The summed E-state index contributed by atoms with van der Waals surface area (Å²) in [6.45, 7) is 3.04. The predicted molar refractivity (Wildman–Crippen MR) is 109 cm³/mol. The molecule has 0 bridgehead atoms. The Bertz CT molecular complexity index is 774. The predicted octanol–water partition coefficient (Wildman–Crippen LogP) is 2.88. The fourth-order valence-corrected chi connectivity index (χ4v) is 3.78. The standard InChI is InChI=1S/C22H29N3O3/c1-24(22(26)19-5-4-6-20(27-2)21(19)28-3)18-10-15-25(16-11-18)14-9-17-7-12-23-13-8-17/h4-8,12-13,18H,9-11,14-16H2,1-3H3. The van der Waals surface area contributed by atoms with Crippen LogP contribution in [0, 0.1) is 0 Å². The number of rotatable bonds is 7. The first-order chi connectivity index (χ1) is 13.6. The van der Waals surface area contributed by atoms with E-state index in [9.17, 15) is 4.79 Å². The Labute approximate surface area is 167 Å². The Balaban J connectivity index is 1.56. The van der Waals surface area contributed by atoms with Crippen molar-refractivity contribution in [1.29, 1.82) is 0 Å². The lowest BCUT2D eigenvalue weighted by Gasteiger charge is -2.37. The van der Waals surface area contributed by atoms with Gasteiger partial charge in [-0.25, -0.2) is 0 Å². The fraction of sp³-hybridized carbons (Fsp3) is 0.455. The number of carbonyl (C=O) groups is 1. The topological polar surface area (TPSA) is 54.9 Å². The average molecular weight is 383 g/mol. The van der Waals surface area contributed by atoms with E-state index in [2.05, 4.69) is 22.0 Å². The van der Waals surface area contributed by atoms with Crippen molar-refractivity contribution in [1.82, 2.24) is 14.8 Å². The number of carbonyl (C=O) groups excluding carboxylic acids is 1. The molecule has 1 aliphatic heterocycles. The van der Waals surface area contributed by atoms with Gasteiger partial charge in [0.1, 0.15) is 0 Å². The van der Waals surface area contributed by atoms with Crippen molar-refractivity contribution in [2.24, 2.45) is 0 Å². The number of para-hydroxylation sites is 1. The number of nitrogens with zero attached hydrogens (tertiary/aromatic N) is 3. The molecule has 2 heterocycles. The van der Waals surface area contributed by atoms with E-state index < -0.39 is 0 Å². The molecule has 6 nitrogen and oxygen atoms in total. The van der Waals surface area contributed by atoms with Gasteiger partial charge in [-0.3, -0.25) is 9.78 Å². The van der Waals surface area contributed by atoms with Gasteiger partial charge in [-0.1, -0.05) is 6.07 Å². The SMILES string of the molecule is COc1cccc(C(=O)N(C)C2CCN(CCc3ccncc3)CC2)c1OC. The minimum absolute atomic E-state index is 0.0222. The van der Waals surface area contributed by atoms with Crippen LogP contribution in [-0.4, -0.2) is 67.6 Å². The third-order valence-electron chi connectivity index (χ3n) is 5.52. The summed E-state index contributed by atoms with van der Waals surface area (Å²) in [5.74, 6) is 1.05. The lowest BCUT2D eigenvalue weighted by molar-refractivity contribution is 0.0640. The molecule has 0 aliphatic carbocycles. The molecule has 0 spiro atoms. The van der Waals surface area contributed by atoms with E-state index in [1.807, 2.05) is 30.4 Å². The van der Waals surface area contributed by atoms with Crippen LogP contribution in [0.1, 0.15) is 28.8 Å². The van der Waals surface area contributed by atoms with E-state index in [1.165, 1.54) is 5.56 Å². The number of pyridine rings is 1. The number of hydrogen-bond donors (Lipinski definition) is 0. The number of benzene rings is 1. The van der Waals surface area contributed by atoms with Crippen molar-refractivity contribution in [3.8, 4) is 11.5 Å². The fourth-order valence-electron chi connectivity index (χ4n) is 3.78. The quantitative estimate of drug-likeness (QED) is 0.736. The van der Waals surface area contributed by atoms with E-state index in [0.717, 1.165) is 38.9 Å². The molecule has 0 N–H and O–H groups in total. The largest absolute Gasteiger partial charge is 0.493 e. The number of aromatic nitrogens is 1. The molecular formula is C22H29N3O3. The maximum absolute atomic E-state index is 13.1. The molecule has 3 rings (SSSR count). The van der Waals surface area contributed by atoms with Gasteiger partial charge >= 0.3 is 0 Å². The number of amides is 1. The molecule has 1 aromatic carbocycles. The second-order valence-electron chi connectivity index (χ2n) is 7.14. The Kier molecular flexibility index (Phi) is 6.87. The number of ether oxygens (including phenoxy) is 2. The van der Waals surface area contributed by atoms with Crippen molar-refractivity contribution in [3.63, 3.8) is 0 Å². The van der Waals surface area contributed by atoms with E-state index in [-0.39, 0.29) is 11.9 Å². The van der Waals surface area contributed by atoms with Gasteiger partial charge < -0.3 is 19.3 Å². The van der Waals surface area contributed by atoms with Crippen LogP contribution >= 0.6 is 0 Å². The van der Waals surface area contributed by atoms with Crippen LogP contribution in [0.5, 0.6) is 11.5 Å². The van der Waals surface area contributed by atoms with Crippen LogP contribution in [0.25, 0.3) is 0 Å². The Morgan fingerprint density at radius 3 is 2.50 bits per heavy atom. The van der Waals surface area contributed by atoms with Gasteiger partial charge in [0.2, 0.25) is 0 Å². The van der Waals surface area contributed by atoms with Gasteiger partial charge in [-0.15, -0.1) is 0 Å². The molecule has 0 unspecified atom stereocenters. The van der Waals surface area contributed by atoms with Gasteiger partial charge in [0.25, 0.3) is 5.91 Å². The lowest BCUT2D eigenvalue weighted by Crippen LogP contribution is -2.46. The summed E-state index contributed by atoms with van der Waals surface area (Å²) in [5.41, 5.74) is 1.86. The maximum Gasteiger partial charge on any atom is 0.257 e. The maximum atomic E-state index is 13.1. The van der Waals surface area contributed by atoms with E-state index >= 15 is 0 Å². The molecule has 1 amide bonds. The summed E-state index contributed by atoms with van der Waals surface area (Å²) >= 11 is 0. The lowest BCUT2D eigenvalue weighted by atomic mass is 10.0. The zero-order valence-corrected chi connectivity index (χ0v) is 16.9. The molecular weight excluding hydrogens is 354 g/mol. The molecule has 1 aromatic heterocycles. The molecule has 1 saturated heterocycles. The summed E-state index contributed by atoms with van der Waals surface area (Å²) < 4.78 is 10.8. The number of piperidine rings is 1. The van der Waals surface area contributed by atoms with Gasteiger partial charge in [0.15, 0.2) is 11.5 Å². The highest BCUT2D eigenvalue weighted by Gasteiger charge is 2.28. The molecule has 2 aromatic rings. The molecule has 0 saturated carbocycles. The van der Waals surface area contributed by atoms with E-state index in [4.69, 9.17) is 9.47 Å². The van der Waals surface area contributed by atoms with Crippen LogP contribution in [-0.2, 0) is 6.42 Å². The zero-order valence-electron chi connectivity index (χ0n) is 16.9. The first-order valence-corrected chi connectivity index (χ1v) is 9.73. The molecule has 6 heteroatoms. The number of methoxy groups -OCH3 is 2. The van der Waals surface area contributed by atoms with Crippen LogP contribution in [0.15, 0.2) is 42.7 Å². The normalized spacial score (nSPS) is 15.2. The smallest absolute Gasteiger partial charge is 0.257 e. The van der Waals surface area contributed by atoms with Gasteiger partial charge in [-0.05, 0) is 49.1 Å². The molecule has 28 heavy (non-hydrogen) atoms. The summed E-state index contributed by atoms with van der Waals surface area (Å²) in [6.07, 6.45) is 6.67. The highest BCUT2D eigenvalue weighted by molar-refractivity contribution is 5.97. The Hall–Kier alpha value is -2.60. The van der Waals surface area contributed by atoms with Gasteiger partial charge in [0, 0.05) is 45.1 Å². The first-order valence-electron chi connectivity index (χ1n) is 9.73. The number of hydrogen-bond acceptors (Lipinski definition) is 5. The summed E-state index contributed by atoms with van der Waals surface area (Å²) in [4.78, 5) is 21.5. The van der Waals surface area contributed by atoms with Crippen molar-refractivity contribution in [2.75, 3.05) is 40.9 Å². The van der Waals surface area contributed by atoms with Crippen LogP contribution in [0.2, 0.25) is 0 Å². The van der Waals surface area contributed by atoms with Crippen molar-refractivity contribution in [3.05, 3.63) is 53.9 Å². The third kappa shape index (κ3) is 4.62. The summed E-state index contributed by atoms with van der Waals surface area (Å²) in [5, 5.41) is 0. The molecule has 150 valence electrons. The van der Waals surface area contributed by atoms with E-state index in [0.29, 0.717) is 17.1 Å². The second kappa shape index (κ2) is 9.55.